The number of hydrogen-bond donors (Lipinski definition) is 2. The zero-order valence-electron chi connectivity index (χ0n) is 11.2. The van der Waals surface area contributed by atoms with E-state index in [-0.39, 0.29) is 13.2 Å². The summed E-state index contributed by atoms with van der Waals surface area (Å²) in [6.45, 7) is 5.42. The fourth-order valence-electron chi connectivity index (χ4n) is 0.976. The first kappa shape index (κ1) is 16.3. The molecule has 0 spiro atoms. The summed E-state index contributed by atoms with van der Waals surface area (Å²) in [5, 5.41) is 11.3. The highest BCUT2D eigenvalue weighted by molar-refractivity contribution is 5.82. The van der Waals surface area contributed by atoms with Crippen LogP contribution in [0, 0.1) is 12.3 Å². The van der Waals surface area contributed by atoms with Gasteiger partial charge in [-0.05, 0) is 20.8 Å². The molecule has 2 amide bonds. The highest BCUT2D eigenvalue weighted by Gasteiger charge is 2.24. The van der Waals surface area contributed by atoms with Crippen molar-refractivity contribution in [1.29, 1.82) is 0 Å². The van der Waals surface area contributed by atoms with Crippen LogP contribution in [0.4, 0.5) is 4.79 Å². The third-order valence-corrected chi connectivity index (χ3v) is 1.95. The number of nitrogens with zero attached hydrogens (tertiary/aromatic N) is 1. The van der Waals surface area contributed by atoms with Crippen LogP contribution in [0.25, 0.3) is 0 Å². The van der Waals surface area contributed by atoms with Gasteiger partial charge in [-0.3, -0.25) is 0 Å². The summed E-state index contributed by atoms with van der Waals surface area (Å²) in [6, 6.07) is -1.64. The molecule has 0 saturated heterocycles. The van der Waals surface area contributed by atoms with Crippen LogP contribution in [0.5, 0.6) is 0 Å². The van der Waals surface area contributed by atoms with Crippen molar-refractivity contribution in [2.75, 3.05) is 20.2 Å². The topological polar surface area (TPSA) is 78.9 Å². The standard InChI is InChI=1S/C12H20N2O4/c1-6-7-14(5)11(17)13-9(10(15)16)8-18-12(2,3)4/h1,9H,7-8H2,2-5H3,(H,13,17)(H,15,16)/t9-/m0/s1. The number of hydrogen-bond acceptors (Lipinski definition) is 3. The van der Waals surface area contributed by atoms with E-state index in [2.05, 4.69) is 11.2 Å². The zero-order chi connectivity index (χ0) is 14.3. The van der Waals surface area contributed by atoms with Crippen LogP contribution >= 0.6 is 0 Å². The summed E-state index contributed by atoms with van der Waals surface area (Å²) in [5.41, 5.74) is -0.469. The number of carbonyl (C=O) groups excluding carboxylic acids is 1. The van der Waals surface area contributed by atoms with Gasteiger partial charge in [-0.15, -0.1) is 6.42 Å². The summed E-state index contributed by atoms with van der Waals surface area (Å²) in [5.74, 6) is 1.14. The minimum absolute atomic E-state index is 0.103. The van der Waals surface area contributed by atoms with E-state index >= 15 is 0 Å². The third-order valence-electron chi connectivity index (χ3n) is 1.95. The predicted octanol–water partition coefficient (Wildman–Crippen LogP) is 0.529. The van der Waals surface area contributed by atoms with Crippen molar-refractivity contribution in [2.24, 2.45) is 0 Å². The zero-order valence-corrected chi connectivity index (χ0v) is 11.2. The van der Waals surface area contributed by atoms with E-state index in [1.54, 1.807) is 20.8 Å². The first-order valence-electron chi connectivity index (χ1n) is 5.49. The van der Waals surface area contributed by atoms with Gasteiger partial charge in [0.2, 0.25) is 0 Å². The Balaban J connectivity index is 4.42. The summed E-state index contributed by atoms with van der Waals surface area (Å²) in [4.78, 5) is 23.8. The molecule has 1 atom stereocenters. The number of amides is 2. The highest BCUT2D eigenvalue weighted by atomic mass is 16.5. The van der Waals surface area contributed by atoms with Crippen molar-refractivity contribution >= 4 is 12.0 Å². The SMILES string of the molecule is C#CCN(C)C(=O)N[C@@H](COC(C)(C)C)C(=O)O. The molecule has 0 aliphatic carbocycles. The molecule has 2 N–H and O–H groups in total. The number of carbonyl (C=O) groups is 2. The molecular weight excluding hydrogens is 236 g/mol. The van der Waals surface area contributed by atoms with Crippen molar-refractivity contribution < 1.29 is 19.4 Å². The van der Waals surface area contributed by atoms with Gasteiger partial charge in [0.15, 0.2) is 6.04 Å². The smallest absolute Gasteiger partial charge is 0.328 e. The third kappa shape index (κ3) is 6.76. The van der Waals surface area contributed by atoms with Gasteiger partial charge in [0, 0.05) is 7.05 Å². The number of aliphatic carboxylic acids is 1. The Labute approximate surface area is 107 Å². The van der Waals surface area contributed by atoms with Crippen LogP contribution in [0.3, 0.4) is 0 Å². The van der Waals surface area contributed by atoms with Crippen LogP contribution in [-0.4, -0.2) is 53.8 Å². The molecule has 18 heavy (non-hydrogen) atoms. The number of ether oxygens (including phenoxy) is 1. The van der Waals surface area contributed by atoms with Gasteiger partial charge in [-0.25, -0.2) is 9.59 Å². The Kier molecular flexibility index (Phi) is 6.20. The van der Waals surface area contributed by atoms with Gasteiger partial charge in [0.1, 0.15) is 0 Å². The van der Waals surface area contributed by atoms with E-state index in [0.717, 1.165) is 0 Å². The number of urea groups is 1. The van der Waals surface area contributed by atoms with Gasteiger partial charge in [0.25, 0.3) is 0 Å². The maximum Gasteiger partial charge on any atom is 0.328 e. The minimum atomic E-state index is -1.15. The van der Waals surface area contributed by atoms with Crippen LogP contribution in [0.2, 0.25) is 0 Å². The molecule has 0 saturated carbocycles. The molecule has 0 radical (unpaired) electrons. The van der Waals surface area contributed by atoms with Crippen molar-refractivity contribution in [3.8, 4) is 12.3 Å². The van der Waals surface area contributed by atoms with E-state index in [1.165, 1.54) is 11.9 Å². The Morgan fingerprint density at radius 3 is 2.44 bits per heavy atom. The second kappa shape index (κ2) is 6.87. The fraction of sp³-hybridized carbons (Fsp3) is 0.667. The van der Waals surface area contributed by atoms with Gasteiger partial charge in [0.05, 0.1) is 18.8 Å². The Bertz CT molecular complexity index is 341. The molecule has 0 aliphatic heterocycles. The molecular formula is C12H20N2O4. The normalized spacial score (nSPS) is 12.4. The lowest BCUT2D eigenvalue weighted by Gasteiger charge is -2.24. The lowest BCUT2D eigenvalue weighted by Crippen LogP contribution is -2.49. The van der Waals surface area contributed by atoms with E-state index in [0.29, 0.717) is 0 Å². The Morgan fingerprint density at radius 1 is 1.50 bits per heavy atom. The van der Waals surface area contributed by atoms with Crippen LogP contribution in [0.1, 0.15) is 20.8 Å². The summed E-state index contributed by atoms with van der Waals surface area (Å²) in [7, 11) is 1.48. The number of nitrogens with one attached hydrogen (secondary N) is 1. The van der Waals surface area contributed by atoms with Crippen molar-refractivity contribution in [1.82, 2.24) is 10.2 Å². The molecule has 0 aromatic carbocycles. The van der Waals surface area contributed by atoms with E-state index in [4.69, 9.17) is 16.3 Å². The Morgan fingerprint density at radius 2 is 2.06 bits per heavy atom. The molecule has 0 bridgehead atoms. The van der Waals surface area contributed by atoms with Crippen molar-refractivity contribution in [3.05, 3.63) is 0 Å². The van der Waals surface area contributed by atoms with E-state index in [1.807, 2.05) is 0 Å². The predicted molar refractivity (Wildman–Crippen MR) is 67.1 cm³/mol. The second-order valence-electron chi connectivity index (χ2n) is 4.82. The minimum Gasteiger partial charge on any atom is -0.480 e. The molecule has 6 nitrogen and oxygen atoms in total. The maximum absolute atomic E-state index is 11.6. The number of carboxylic acids is 1. The first-order chi connectivity index (χ1) is 8.17. The molecule has 0 fully saturated rings. The summed E-state index contributed by atoms with van der Waals surface area (Å²) >= 11 is 0. The molecule has 0 unspecified atom stereocenters. The number of terminal acetylenes is 1. The average molecular weight is 256 g/mol. The van der Waals surface area contributed by atoms with E-state index < -0.39 is 23.6 Å². The molecule has 0 rings (SSSR count). The van der Waals surface area contributed by atoms with Crippen LogP contribution in [0.15, 0.2) is 0 Å². The molecule has 0 heterocycles. The maximum atomic E-state index is 11.6. The van der Waals surface area contributed by atoms with Crippen LogP contribution < -0.4 is 5.32 Å². The second-order valence-corrected chi connectivity index (χ2v) is 4.82. The average Bonchev–Trinajstić information content (AvgIpc) is 2.22. The number of rotatable bonds is 5. The largest absolute Gasteiger partial charge is 0.480 e. The number of carboxylic acid groups (broad SMARTS) is 1. The van der Waals surface area contributed by atoms with Gasteiger partial charge in [-0.1, -0.05) is 5.92 Å². The monoisotopic (exact) mass is 256 g/mol. The lowest BCUT2D eigenvalue weighted by molar-refractivity contribution is -0.142. The molecule has 0 aromatic heterocycles. The quantitative estimate of drug-likeness (QED) is 0.703. The van der Waals surface area contributed by atoms with Gasteiger partial charge in [-0.2, -0.15) is 0 Å². The van der Waals surface area contributed by atoms with Crippen LogP contribution in [-0.2, 0) is 9.53 Å². The molecule has 0 aliphatic rings. The molecule has 6 heteroatoms. The Hall–Kier alpha value is -1.74. The molecule has 102 valence electrons. The highest BCUT2D eigenvalue weighted by Crippen LogP contribution is 2.07. The van der Waals surface area contributed by atoms with Gasteiger partial charge >= 0.3 is 12.0 Å². The van der Waals surface area contributed by atoms with Crippen molar-refractivity contribution in [2.45, 2.75) is 32.4 Å². The first-order valence-corrected chi connectivity index (χ1v) is 5.49. The van der Waals surface area contributed by atoms with Gasteiger partial charge < -0.3 is 20.1 Å². The fourth-order valence-corrected chi connectivity index (χ4v) is 0.976. The lowest BCUT2D eigenvalue weighted by atomic mass is 10.2. The molecule has 0 aromatic rings. The summed E-state index contributed by atoms with van der Waals surface area (Å²) in [6.07, 6.45) is 5.06. The summed E-state index contributed by atoms with van der Waals surface area (Å²) < 4.78 is 5.34. The van der Waals surface area contributed by atoms with Crippen molar-refractivity contribution in [3.63, 3.8) is 0 Å². The van der Waals surface area contributed by atoms with E-state index in [9.17, 15) is 9.59 Å².